The summed E-state index contributed by atoms with van der Waals surface area (Å²) >= 11 is 5.92. The summed E-state index contributed by atoms with van der Waals surface area (Å²) in [4.78, 5) is 0. The summed E-state index contributed by atoms with van der Waals surface area (Å²) in [5.74, 6) is 0.289. The van der Waals surface area contributed by atoms with Crippen LogP contribution in [0.1, 0.15) is 52.7 Å². The summed E-state index contributed by atoms with van der Waals surface area (Å²) < 4.78 is 1.05. The van der Waals surface area contributed by atoms with Gasteiger partial charge in [0.05, 0.1) is 11.8 Å². The molecule has 0 saturated carbocycles. The second-order valence-electron chi connectivity index (χ2n) is 8.53. The maximum absolute atomic E-state index is 11.0. The van der Waals surface area contributed by atoms with Gasteiger partial charge >= 0.3 is 0 Å². The van der Waals surface area contributed by atoms with Gasteiger partial charge in [-0.1, -0.05) is 64.1 Å². The molecular weight excluding hydrogens is 334 g/mol. The standard InChI is InChI=1S/C20H24ClN3O/c1-19(2,3)12-10-14(18(25)15(11-12)20(4,5)6)13-8-7-9-16-17(13)23-24(21)22-16/h7-11,25H,1-6H3. The van der Waals surface area contributed by atoms with Crippen LogP contribution in [0.15, 0.2) is 30.3 Å². The number of phenols is 1. The molecule has 1 heterocycles. The van der Waals surface area contributed by atoms with Gasteiger partial charge in [0.2, 0.25) is 0 Å². The zero-order valence-corrected chi connectivity index (χ0v) is 16.3. The first kappa shape index (κ1) is 17.7. The Morgan fingerprint density at radius 1 is 0.920 bits per heavy atom. The normalized spacial score (nSPS) is 12.8. The number of halogens is 1. The maximum Gasteiger partial charge on any atom is 0.127 e. The Labute approximate surface area is 153 Å². The van der Waals surface area contributed by atoms with Gasteiger partial charge in [-0.3, -0.25) is 0 Å². The van der Waals surface area contributed by atoms with Gasteiger partial charge in [0, 0.05) is 16.7 Å². The average Bonchev–Trinajstić information content (AvgIpc) is 2.85. The van der Waals surface area contributed by atoms with E-state index in [1.165, 1.54) is 5.56 Å². The molecule has 5 heteroatoms. The molecule has 0 aliphatic carbocycles. The summed E-state index contributed by atoms with van der Waals surface area (Å²) in [6, 6.07) is 9.87. The van der Waals surface area contributed by atoms with Gasteiger partial charge < -0.3 is 5.11 Å². The fourth-order valence-electron chi connectivity index (χ4n) is 2.97. The molecule has 4 nitrogen and oxygen atoms in total. The van der Waals surface area contributed by atoms with Crippen molar-refractivity contribution in [1.82, 2.24) is 14.5 Å². The maximum atomic E-state index is 11.0. The largest absolute Gasteiger partial charge is 0.507 e. The van der Waals surface area contributed by atoms with Gasteiger partial charge in [-0.15, -0.1) is 10.2 Å². The number of benzene rings is 2. The molecule has 0 spiro atoms. The monoisotopic (exact) mass is 357 g/mol. The Kier molecular flexibility index (Phi) is 4.07. The minimum absolute atomic E-state index is 0.0412. The van der Waals surface area contributed by atoms with Gasteiger partial charge in [-0.05, 0) is 28.5 Å². The molecule has 0 aliphatic rings. The number of rotatable bonds is 1. The van der Waals surface area contributed by atoms with Crippen molar-refractivity contribution in [2.75, 3.05) is 0 Å². The number of fused-ring (bicyclic) bond motifs is 1. The highest BCUT2D eigenvalue weighted by Gasteiger charge is 2.26. The molecule has 0 aliphatic heterocycles. The summed E-state index contributed by atoms with van der Waals surface area (Å²) in [6.07, 6.45) is 0. The fourth-order valence-corrected chi connectivity index (χ4v) is 3.13. The SMILES string of the molecule is CC(C)(C)c1cc(-c2cccc3nn(Cl)nc23)c(O)c(C(C)(C)C)c1. The molecule has 3 rings (SSSR count). The summed E-state index contributed by atoms with van der Waals surface area (Å²) in [5.41, 5.74) is 4.84. The predicted octanol–water partition coefficient (Wildman–Crippen LogP) is 5.40. The lowest BCUT2D eigenvalue weighted by Gasteiger charge is -2.27. The molecule has 0 radical (unpaired) electrons. The molecule has 1 N–H and O–H groups in total. The van der Waals surface area contributed by atoms with Crippen molar-refractivity contribution in [2.24, 2.45) is 0 Å². The number of nitrogens with zero attached hydrogens (tertiary/aromatic N) is 3. The number of hydrogen-bond donors (Lipinski definition) is 1. The van der Waals surface area contributed by atoms with Crippen LogP contribution in [0.5, 0.6) is 5.75 Å². The number of aromatic hydroxyl groups is 1. The zero-order valence-electron chi connectivity index (χ0n) is 15.6. The Hall–Kier alpha value is -2.07. The van der Waals surface area contributed by atoms with Crippen LogP contribution in [0.2, 0.25) is 0 Å². The molecule has 132 valence electrons. The number of hydrogen-bond acceptors (Lipinski definition) is 3. The molecule has 2 aromatic carbocycles. The van der Waals surface area contributed by atoms with Gasteiger partial charge in [0.25, 0.3) is 0 Å². The van der Waals surface area contributed by atoms with E-state index in [4.69, 9.17) is 11.8 Å². The topological polar surface area (TPSA) is 50.9 Å². The first-order chi connectivity index (χ1) is 11.5. The first-order valence-electron chi connectivity index (χ1n) is 8.39. The Morgan fingerprint density at radius 2 is 1.60 bits per heavy atom. The van der Waals surface area contributed by atoms with Crippen LogP contribution in [0, 0.1) is 0 Å². The lowest BCUT2D eigenvalue weighted by Crippen LogP contribution is -2.17. The molecule has 0 fully saturated rings. The van der Waals surface area contributed by atoms with Crippen LogP contribution >= 0.6 is 11.8 Å². The number of aromatic nitrogens is 3. The van der Waals surface area contributed by atoms with Crippen molar-refractivity contribution in [2.45, 2.75) is 52.4 Å². The first-order valence-corrected chi connectivity index (χ1v) is 8.73. The van der Waals surface area contributed by atoms with Crippen LogP contribution in [0.4, 0.5) is 0 Å². The van der Waals surface area contributed by atoms with Crippen molar-refractivity contribution >= 4 is 22.8 Å². The second kappa shape index (κ2) is 5.73. The third-order valence-electron chi connectivity index (χ3n) is 4.46. The quantitative estimate of drug-likeness (QED) is 0.634. The highest BCUT2D eigenvalue weighted by molar-refractivity contribution is 6.14. The minimum Gasteiger partial charge on any atom is -0.507 e. The molecular formula is C20H24ClN3O. The molecule has 0 bridgehead atoms. The van der Waals surface area contributed by atoms with Gasteiger partial charge in [0.1, 0.15) is 16.8 Å². The molecule has 25 heavy (non-hydrogen) atoms. The van der Waals surface area contributed by atoms with Crippen LogP contribution in [0.3, 0.4) is 0 Å². The third-order valence-corrected chi connectivity index (χ3v) is 4.61. The van der Waals surface area contributed by atoms with Gasteiger partial charge in [-0.25, -0.2) is 0 Å². The van der Waals surface area contributed by atoms with E-state index in [2.05, 4.69) is 57.8 Å². The number of phenolic OH excluding ortho intramolecular Hbond substituents is 1. The Balaban J connectivity index is 2.38. The second-order valence-corrected chi connectivity index (χ2v) is 8.84. The third kappa shape index (κ3) is 3.23. The highest BCUT2D eigenvalue weighted by atomic mass is 35.5. The Bertz CT molecular complexity index is 946. The average molecular weight is 358 g/mol. The van der Waals surface area contributed by atoms with E-state index in [-0.39, 0.29) is 16.6 Å². The molecule has 1 aromatic heterocycles. The van der Waals surface area contributed by atoms with Crippen LogP contribution in [0.25, 0.3) is 22.2 Å². The van der Waals surface area contributed by atoms with E-state index in [1.807, 2.05) is 24.3 Å². The van der Waals surface area contributed by atoms with Crippen molar-refractivity contribution in [1.29, 1.82) is 0 Å². The predicted molar refractivity (Wildman–Crippen MR) is 103 cm³/mol. The van der Waals surface area contributed by atoms with Crippen molar-refractivity contribution < 1.29 is 5.11 Å². The Morgan fingerprint density at radius 3 is 2.20 bits per heavy atom. The van der Waals surface area contributed by atoms with Crippen LogP contribution < -0.4 is 0 Å². The van der Waals surface area contributed by atoms with Gasteiger partial charge in [0.15, 0.2) is 0 Å². The van der Waals surface area contributed by atoms with E-state index in [0.717, 1.165) is 21.0 Å². The molecule has 3 aromatic rings. The smallest absolute Gasteiger partial charge is 0.127 e. The van der Waals surface area contributed by atoms with Crippen molar-refractivity contribution in [3.8, 4) is 16.9 Å². The lowest BCUT2D eigenvalue weighted by atomic mass is 9.78. The van der Waals surface area contributed by atoms with E-state index >= 15 is 0 Å². The fraction of sp³-hybridized carbons (Fsp3) is 0.400. The van der Waals surface area contributed by atoms with E-state index in [9.17, 15) is 5.11 Å². The van der Waals surface area contributed by atoms with E-state index in [0.29, 0.717) is 11.0 Å². The summed E-state index contributed by atoms with van der Waals surface area (Å²) in [7, 11) is 0. The molecule has 0 unspecified atom stereocenters. The van der Waals surface area contributed by atoms with Crippen molar-refractivity contribution in [3.05, 3.63) is 41.5 Å². The zero-order chi connectivity index (χ0) is 18.6. The molecule has 0 amide bonds. The van der Waals surface area contributed by atoms with E-state index < -0.39 is 0 Å². The van der Waals surface area contributed by atoms with Crippen molar-refractivity contribution in [3.63, 3.8) is 0 Å². The van der Waals surface area contributed by atoms with Crippen LogP contribution in [-0.2, 0) is 10.8 Å². The van der Waals surface area contributed by atoms with Gasteiger partial charge in [-0.2, -0.15) is 0 Å². The van der Waals surface area contributed by atoms with E-state index in [1.54, 1.807) is 0 Å². The highest BCUT2D eigenvalue weighted by Crippen LogP contribution is 2.43. The molecule has 0 saturated heterocycles. The summed E-state index contributed by atoms with van der Waals surface area (Å²) in [5, 5.41) is 19.5. The van der Waals surface area contributed by atoms with Crippen LogP contribution in [-0.4, -0.2) is 19.6 Å². The minimum atomic E-state index is -0.182. The summed E-state index contributed by atoms with van der Waals surface area (Å²) in [6.45, 7) is 12.8. The molecule has 0 atom stereocenters. The lowest BCUT2D eigenvalue weighted by molar-refractivity contribution is 0.446.